The Morgan fingerprint density at radius 1 is 1.33 bits per heavy atom. The summed E-state index contributed by atoms with van der Waals surface area (Å²) < 4.78 is 0. The van der Waals surface area contributed by atoms with Gasteiger partial charge in [0, 0.05) is 6.42 Å². The van der Waals surface area contributed by atoms with Crippen molar-refractivity contribution >= 4 is 11.8 Å². The molecule has 0 radical (unpaired) electrons. The minimum absolute atomic E-state index is 0. The monoisotopic (exact) mass is 173 g/mol. The zero-order valence-electron chi connectivity index (χ0n) is 7.14. The van der Waals surface area contributed by atoms with Crippen LogP contribution in [-0.4, -0.2) is 11.8 Å². The first kappa shape index (κ1) is 13.7. The molecular formula is C9H17O3-. The molecule has 0 atom stereocenters. The number of ketones is 1. The molecule has 0 aliphatic rings. The van der Waals surface area contributed by atoms with Gasteiger partial charge < -0.3 is 9.90 Å². The Kier molecular flexibility index (Phi) is 5.61. The lowest BCUT2D eigenvalue weighted by molar-refractivity contribution is -0.300. The van der Waals surface area contributed by atoms with Gasteiger partial charge in [0.1, 0.15) is 5.97 Å². The number of carbonyl (C=O) groups is 2. The van der Waals surface area contributed by atoms with Crippen LogP contribution in [0.5, 0.6) is 0 Å². The SMILES string of the molecule is C.CCC(C)(C)CC(=O)C(=O)[O-]. The van der Waals surface area contributed by atoms with Gasteiger partial charge in [-0.15, -0.1) is 0 Å². The Morgan fingerprint density at radius 3 is 2.00 bits per heavy atom. The van der Waals surface area contributed by atoms with Crippen molar-refractivity contribution < 1.29 is 14.7 Å². The number of rotatable bonds is 4. The van der Waals surface area contributed by atoms with E-state index in [4.69, 9.17) is 0 Å². The highest BCUT2D eigenvalue weighted by Crippen LogP contribution is 2.24. The topological polar surface area (TPSA) is 57.2 Å². The maximum Gasteiger partial charge on any atom is 0.178 e. The molecule has 0 saturated heterocycles. The van der Waals surface area contributed by atoms with Gasteiger partial charge in [-0.25, -0.2) is 0 Å². The van der Waals surface area contributed by atoms with Gasteiger partial charge in [0.25, 0.3) is 0 Å². The first-order chi connectivity index (χ1) is 4.89. The van der Waals surface area contributed by atoms with E-state index in [1.165, 1.54) is 0 Å². The highest BCUT2D eigenvalue weighted by molar-refractivity contribution is 6.31. The second-order valence-electron chi connectivity index (χ2n) is 3.41. The van der Waals surface area contributed by atoms with Crippen LogP contribution in [0.3, 0.4) is 0 Å². The molecule has 12 heavy (non-hydrogen) atoms. The summed E-state index contributed by atoms with van der Waals surface area (Å²) in [5.74, 6) is -2.39. The van der Waals surface area contributed by atoms with Crippen LogP contribution in [0.1, 0.15) is 41.0 Å². The minimum atomic E-state index is -1.58. The zero-order valence-corrected chi connectivity index (χ0v) is 7.14. The maximum atomic E-state index is 10.7. The first-order valence-corrected chi connectivity index (χ1v) is 3.63. The fraction of sp³-hybridized carbons (Fsp3) is 0.778. The van der Waals surface area contributed by atoms with Crippen molar-refractivity contribution in [2.45, 2.75) is 41.0 Å². The van der Waals surface area contributed by atoms with Gasteiger partial charge in [-0.2, -0.15) is 0 Å². The van der Waals surface area contributed by atoms with Crippen molar-refractivity contribution in [1.29, 1.82) is 0 Å². The molecule has 0 fully saturated rings. The summed E-state index contributed by atoms with van der Waals surface area (Å²) in [5, 5.41) is 10.0. The number of carboxylic acid groups (broad SMARTS) is 1. The Hall–Kier alpha value is -0.860. The summed E-state index contributed by atoms with van der Waals surface area (Å²) >= 11 is 0. The Balaban J connectivity index is 0. The molecule has 0 unspecified atom stereocenters. The molecule has 0 aromatic carbocycles. The van der Waals surface area contributed by atoms with E-state index in [2.05, 4.69) is 0 Å². The van der Waals surface area contributed by atoms with Gasteiger partial charge in [-0.05, 0) is 5.41 Å². The lowest BCUT2D eigenvalue weighted by Crippen LogP contribution is -2.34. The molecule has 0 aliphatic heterocycles. The lowest BCUT2D eigenvalue weighted by Gasteiger charge is -2.21. The van der Waals surface area contributed by atoms with E-state index in [0.29, 0.717) is 0 Å². The van der Waals surface area contributed by atoms with Gasteiger partial charge in [0.15, 0.2) is 5.78 Å². The molecule has 0 saturated carbocycles. The number of aliphatic carboxylic acids is 1. The van der Waals surface area contributed by atoms with Crippen molar-refractivity contribution in [3.05, 3.63) is 0 Å². The standard InChI is InChI=1S/C8H14O3.CH4/c1-4-8(2,3)5-6(9)7(10)11;/h4-5H2,1-3H3,(H,10,11);1H4/p-1. The summed E-state index contributed by atoms with van der Waals surface area (Å²) in [4.78, 5) is 20.7. The second-order valence-corrected chi connectivity index (χ2v) is 3.41. The van der Waals surface area contributed by atoms with E-state index in [9.17, 15) is 14.7 Å². The first-order valence-electron chi connectivity index (χ1n) is 3.63. The van der Waals surface area contributed by atoms with Crippen molar-refractivity contribution in [3.8, 4) is 0 Å². The number of hydrogen-bond acceptors (Lipinski definition) is 3. The van der Waals surface area contributed by atoms with Gasteiger partial charge in [-0.1, -0.05) is 34.6 Å². The molecule has 0 bridgehead atoms. The Morgan fingerprint density at radius 2 is 1.75 bits per heavy atom. The quantitative estimate of drug-likeness (QED) is 0.590. The third-order valence-electron chi connectivity index (χ3n) is 1.82. The van der Waals surface area contributed by atoms with Crippen LogP contribution >= 0.6 is 0 Å². The van der Waals surface area contributed by atoms with E-state index in [1.807, 2.05) is 20.8 Å². The maximum absolute atomic E-state index is 10.7. The molecule has 3 nitrogen and oxygen atoms in total. The van der Waals surface area contributed by atoms with Crippen LogP contribution in [0.25, 0.3) is 0 Å². The molecule has 0 spiro atoms. The molecule has 0 aromatic heterocycles. The fourth-order valence-corrected chi connectivity index (χ4v) is 0.632. The molecule has 0 aromatic rings. The average Bonchev–Trinajstić information content (AvgIpc) is 1.87. The molecule has 3 heteroatoms. The third-order valence-corrected chi connectivity index (χ3v) is 1.82. The Bertz CT molecular complexity index is 171. The third kappa shape index (κ3) is 4.88. The summed E-state index contributed by atoms with van der Waals surface area (Å²) in [5.41, 5.74) is -0.225. The largest absolute Gasteiger partial charge is 0.542 e. The molecule has 72 valence electrons. The molecule has 0 rings (SSSR count). The summed E-state index contributed by atoms with van der Waals surface area (Å²) in [6.45, 7) is 5.63. The minimum Gasteiger partial charge on any atom is -0.542 e. The van der Waals surface area contributed by atoms with Crippen LogP contribution < -0.4 is 5.11 Å². The highest BCUT2D eigenvalue weighted by atomic mass is 16.4. The number of carbonyl (C=O) groups excluding carboxylic acids is 2. The number of hydrogen-bond donors (Lipinski definition) is 0. The van der Waals surface area contributed by atoms with E-state index in [-0.39, 0.29) is 19.3 Å². The van der Waals surface area contributed by atoms with Crippen molar-refractivity contribution in [2.24, 2.45) is 5.41 Å². The van der Waals surface area contributed by atoms with E-state index >= 15 is 0 Å². The summed E-state index contributed by atoms with van der Waals surface area (Å²) in [6, 6.07) is 0. The fourth-order valence-electron chi connectivity index (χ4n) is 0.632. The Labute approximate surface area is 73.8 Å². The van der Waals surface area contributed by atoms with Crippen molar-refractivity contribution in [3.63, 3.8) is 0 Å². The zero-order chi connectivity index (χ0) is 9.07. The van der Waals surface area contributed by atoms with Crippen LogP contribution in [0, 0.1) is 5.41 Å². The van der Waals surface area contributed by atoms with E-state index < -0.39 is 11.8 Å². The van der Waals surface area contributed by atoms with Crippen molar-refractivity contribution in [1.82, 2.24) is 0 Å². The summed E-state index contributed by atoms with van der Waals surface area (Å²) in [7, 11) is 0. The van der Waals surface area contributed by atoms with Gasteiger partial charge in [-0.3, -0.25) is 4.79 Å². The highest BCUT2D eigenvalue weighted by Gasteiger charge is 2.19. The number of Topliss-reactive ketones (excluding diaryl/α,β-unsaturated/α-hetero) is 1. The van der Waals surface area contributed by atoms with E-state index in [1.54, 1.807) is 0 Å². The normalized spacial score (nSPS) is 10.2. The van der Waals surface area contributed by atoms with Crippen LogP contribution in [0.2, 0.25) is 0 Å². The van der Waals surface area contributed by atoms with E-state index in [0.717, 1.165) is 6.42 Å². The summed E-state index contributed by atoms with van der Waals surface area (Å²) in [6.07, 6.45) is 0.845. The van der Waals surface area contributed by atoms with Crippen molar-refractivity contribution in [2.75, 3.05) is 0 Å². The molecule has 0 aliphatic carbocycles. The lowest BCUT2D eigenvalue weighted by atomic mass is 9.85. The van der Waals surface area contributed by atoms with Crippen LogP contribution in [0.4, 0.5) is 0 Å². The predicted molar refractivity (Wildman–Crippen MR) is 45.4 cm³/mol. The molecule has 0 amide bonds. The molecular weight excluding hydrogens is 156 g/mol. The van der Waals surface area contributed by atoms with Gasteiger partial charge in [0.05, 0.1) is 0 Å². The second kappa shape index (κ2) is 4.91. The van der Waals surface area contributed by atoms with Gasteiger partial charge >= 0.3 is 0 Å². The van der Waals surface area contributed by atoms with Gasteiger partial charge in [0.2, 0.25) is 0 Å². The smallest absolute Gasteiger partial charge is 0.178 e. The number of carboxylic acids is 1. The van der Waals surface area contributed by atoms with Crippen LogP contribution in [0.15, 0.2) is 0 Å². The molecule has 0 heterocycles. The average molecular weight is 173 g/mol. The predicted octanol–water partition coefficient (Wildman–Crippen LogP) is 0.768. The van der Waals surface area contributed by atoms with Crippen LogP contribution in [-0.2, 0) is 9.59 Å². The molecule has 0 N–H and O–H groups in total.